The van der Waals surface area contributed by atoms with Crippen LogP contribution in [0.2, 0.25) is 5.02 Å². The lowest BCUT2D eigenvalue weighted by Gasteiger charge is -2.33. The fourth-order valence-electron chi connectivity index (χ4n) is 3.48. The second kappa shape index (κ2) is 5.85. The average Bonchev–Trinajstić information content (AvgIpc) is 2.90. The number of benzene rings is 1. The highest BCUT2D eigenvalue weighted by Crippen LogP contribution is 2.39. The van der Waals surface area contributed by atoms with E-state index in [4.69, 9.17) is 11.6 Å². The van der Waals surface area contributed by atoms with Gasteiger partial charge in [-0.15, -0.1) is 0 Å². The zero-order valence-corrected chi connectivity index (χ0v) is 12.9. The minimum absolute atomic E-state index is 0.0866. The van der Waals surface area contributed by atoms with Crippen LogP contribution >= 0.6 is 11.6 Å². The number of rotatable bonds is 2. The molecular weight excluding hydrogens is 306 g/mol. The highest BCUT2D eigenvalue weighted by molar-refractivity contribution is 6.31. The topological polar surface area (TPSA) is 75.5 Å². The summed E-state index contributed by atoms with van der Waals surface area (Å²) in [5.74, 6) is -0.287. The van der Waals surface area contributed by atoms with Crippen LogP contribution in [0.5, 0.6) is 0 Å². The standard InChI is InChI=1S/C15H18ClN3O3/c16-11-1-2-13(19(21)22)12(9-11)14(20)18-8-5-15(10-18)3-6-17-7-4-15/h1-2,9,17H,3-8,10H2. The van der Waals surface area contributed by atoms with Crippen LogP contribution in [0.25, 0.3) is 0 Å². The van der Waals surface area contributed by atoms with Gasteiger partial charge in [-0.05, 0) is 49.9 Å². The Kier molecular flexibility index (Phi) is 4.06. The lowest BCUT2D eigenvalue weighted by Crippen LogP contribution is -2.39. The van der Waals surface area contributed by atoms with E-state index in [1.807, 2.05) is 0 Å². The van der Waals surface area contributed by atoms with Gasteiger partial charge in [-0.3, -0.25) is 14.9 Å². The molecule has 2 heterocycles. The third-order valence-electron chi connectivity index (χ3n) is 4.78. The second-order valence-electron chi connectivity index (χ2n) is 6.15. The number of piperidine rings is 1. The number of likely N-dealkylation sites (tertiary alicyclic amines) is 1. The summed E-state index contributed by atoms with van der Waals surface area (Å²) in [6.07, 6.45) is 3.07. The maximum absolute atomic E-state index is 12.7. The summed E-state index contributed by atoms with van der Waals surface area (Å²) in [7, 11) is 0. The largest absolute Gasteiger partial charge is 0.338 e. The number of carbonyl (C=O) groups excluding carboxylic acids is 1. The fourth-order valence-corrected chi connectivity index (χ4v) is 3.65. The van der Waals surface area contributed by atoms with Gasteiger partial charge in [0.25, 0.3) is 11.6 Å². The van der Waals surface area contributed by atoms with Gasteiger partial charge in [0.1, 0.15) is 5.56 Å². The van der Waals surface area contributed by atoms with E-state index in [1.54, 1.807) is 4.90 Å². The van der Waals surface area contributed by atoms with E-state index in [9.17, 15) is 14.9 Å². The van der Waals surface area contributed by atoms with E-state index in [2.05, 4.69) is 5.32 Å². The maximum atomic E-state index is 12.7. The van der Waals surface area contributed by atoms with Gasteiger partial charge >= 0.3 is 0 Å². The molecule has 0 aromatic heterocycles. The molecule has 2 fully saturated rings. The lowest BCUT2D eigenvalue weighted by atomic mass is 9.78. The number of carbonyl (C=O) groups is 1. The van der Waals surface area contributed by atoms with Gasteiger partial charge in [0.05, 0.1) is 4.92 Å². The van der Waals surface area contributed by atoms with Crippen LogP contribution in [0.3, 0.4) is 0 Å². The van der Waals surface area contributed by atoms with Crippen LogP contribution in [-0.2, 0) is 0 Å². The summed E-state index contributed by atoms with van der Waals surface area (Å²) >= 11 is 5.91. The Morgan fingerprint density at radius 3 is 2.73 bits per heavy atom. The Hall–Kier alpha value is -1.66. The Bertz CT molecular complexity index is 614. The van der Waals surface area contributed by atoms with Gasteiger partial charge in [0.2, 0.25) is 0 Å². The van der Waals surface area contributed by atoms with Gasteiger partial charge in [-0.2, -0.15) is 0 Å². The Morgan fingerprint density at radius 2 is 2.05 bits per heavy atom. The van der Waals surface area contributed by atoms with Crippen molar-refractivity contribution >= 4 is 23.2 Å². The van der Waals surface area contributed by atoms with Crippen molar-refractivity contribution in [2.75, 3.05) is 26.2 Å². The quantitative estimate of drug-likeness (QED) is 0.670. The lowest BCUT2D eigenvalue weighted by molar-refractivity contribution is -0.385. The molecule has 1 N–H and O–H groups in total. The van der Waals surface area contributed by atoms with Gasteiger partial charge in [-0.1, -0.05) is 11.6 Å². The molecule has 2 aliphatic rings. The molecule has 0 bridgehead atoms. The molecule has 2 saturated heterocycles. The first kappa shape index (κ1) is 15.2. The highest BCUT2D eigenvalue weighted by Gasteiger charge is 2.41. The molecule has 1 aromatic carbocycles. The van der Waals surface area contributed by atoms with Crippen molar-refractivity contribution in [2.24, 2.45) is 5.41 Å². The molecule has 1 amide bonds. The predicted octanol–water partition coefficient (Wildman–Crippen LogP) is 2.46. The summed E-state index contributed by atoms with van der Waals surface area (Å²) in [6, 6.07) is 4.14. The molecule has 0 unspecified atom stereocenters. The van der Waals surface area contributed by atoms with E-state index in [0.717, 1.165) is 32.4 Å². The molecule has 118 valence electrons. The Morgan fingerprint density at radius 1 is 1.32 bits per heavy atom. The summed E-state index contributed by atoms with van der Waals surface area (Å²) in [5.41, 5.74) is 0.0815. The number of nitrogens with zero attached hydrogens (tertiary/aromatic N) is 2. The van der Waals surface area contributed by atoms with Crippen LogP contribution in [0.4, 0.5) is 5.69 Å². The molecule has 7 heteroatoms. The number of hydrogen-bond acceptors (Lipinski definition) is 4. The highest BCUT2D eigenvalue weighted by atomic mass is 35.5. The maximum Gasteiger partial charge on any atom is 0.282 e. The van der Waals surface area contributed by atoms with E-state index in [0.29, 0.717) is 18.1 Å². The second-order valence-corrected chi connectivity index (χ2v) is 6.58. The number of amides is 1. The molecule has 1 aromatic rings. The van der Waals surface area contributed by atoms with Crippen molar-refractivity contribution in [3.8, 4) is 0 Å². The van der Waals surface area contributed by atoms with Crippen molar-refractivity contribution in [3.05, 3.63) is 38.9 Å². The molecule has 2 aliphatic heterocycles. The third-order valence-corrected chi connectivity index (χ3v) is 5.01. The van der Waals surface area contributed by atoms with Crippen LogP contribution in [0, 0.1) is 15.5 Å². The first-order valence-electron chi connectivity index (χ1n) is 7.45. The van der Waals surface area contributed by atoms with Crippen molar-refractivity contribution in [1.82, 2.24) is 10.2 Å². The number of hydrogen-bond donors (Lipinski definition) is 1. The molecular formula is C15H18ClN3O3. The number of nitro benzene ring substituents is 1. The van der Waals surface area contributed by atoms with Crippen LogP contribution in [0.15, 0.2) is 18.2 Å². The molecule has 1 spiro atoms. The third kappa shape index (κ3) is 2.80. The fraction of sp³-hybridized carbons (Fsp3) is 0.533. The molecule has 0 radical (unpaired) electrons. The first-order chi connectivity index (χ1) is 10.5. The zero-order valence-electron chi connectivity index (χ0n) is 12.2. The number of nitrogens with one attached hydrogen (secondary N) is 1. The van der Waals surface area contributed by atoms with Gasteiger partial charge in [0, 0.05) is 24.2 Å². The first-order valence-corrected chi connectivity index (χ1v) is 7.83. The van der Waals surface area contributed by atoms with E-state index in [1.165, 1.54) is 18.2 Å². The number of nitro groups is 1. The van der Waals surface area contributed by atoms with E-state index >= 15 is 0 Å². The SMILES string of the molecule is O=C(c1cc(Cl)ccc1[N+](=O)[O-])N1CCC2(CCNCC2)C1. The van der Waals surface area contributed by atoms with E-state index < -0.39 is 4.92 Å². The van der Waals surface area contributed by atoms with Crippen molar-refractivity contribution < 1.29 is 9.72 Å². The molecule has 0 aliphatic carbocycles. The zero-order chi connectivity index (χ0) is 15.7. The van der Waals surface area contributed by atoms with Gasteiger partial charge in [-0.25, -0.2) is 0 Å². The van der Waals surface area contributed by atoms with Crippen LogP contribution in [-0.4, -0.2) is 41.9 Å². The Balaban J connectivity index is 1.83. The van der Waals surface area contributed by atoms with Gasteiger partial charge < -0.3 is 10.2 Å². The molecule has 3 rings (SSSR count). The minimum atomic E-state index is -0.528. The smallest absolute Gasteiger partial charge is 0.282 e. The summed E-state index contributed by atoms with van der Waals surface area (Å²) < 4.78 is 0. The summed E-state index contributed by atoms with van der Waals surface area (Å²) in [5, 5.41) is 14.8. The monoisotopic (exact) mass is 323 g/mol. The average molecular weight is 324 g/mol. The van der Waals surface area contributed by atoms with Crippen molar-refractivity contribution in [2.45, 2.75) is 19.3 Å². The van der Waals surface area contributed by atoms with Crippen LogP contribution in [0.1, 0.15) is 29.6 Å². The Labute approximate surface area is 133 Å². The van der Waals surface area contributed by atoms with E-state index in [-0.39, 0.29) is 22.6 Å². The molecule has 0 atom stereocenters. The molecule has 6 nitrogen and oxygen atoms in total. The van der Waals surface area contributed by atoms with Gasteiger partial charge in [0.15, 0.2) is 0 Å². The summed E-state index contributed by atoms with van der Waals surface area (Å²) in [4.78, 5) is 25.0. The predicted molar refractivity (Wildman–Crippen MR) is 83.2 cm³/mol. The summed E-state index contributed by atoms with van der Waals surface area (Å²) in [6.45, 7) is 3.28. The van der Waals surface area contributed by atoms with Crippen molar-refractivity contribution in [3.63, 3.8) is 0 Å². The minimum Gasteiger partial charge on any atom is -0.338 e. The molecule has 22 heavy (non-hydrogen) atoms. The van der Waals surface area contributed by atoms with Crippen LogP contribution < -0.4 is 5.32 Å². The number of halogens is 1. The van der Waals surface area contributed by atoms with Crippen molar-refractivity contribution in [1.29, 1.82) is 0 Å². The normalized spacial score (nSPS) is 20.3. The molecule has 0 saturated carbocycles.